The third-order valence-electron chi connectivity index (χ3n) is 5.70. The fourth-order valence-electron chi connectivity index (χ4n) is 3.76. The molecule has 0 fully saturated rings. The van der Waals surface area contributed by atoms with Crippen LogP contribution in [0.3, 0.4) is 0 Å². The number of benzene rings is 2. The van der Waals surface area contributed by atoms with E-state index in [4.69, 9.17) is 9.84 Å². The SMILES string of the molecule is Cc1ccc(-n2nc(C(C)(C)C)cc2NC(=O)Nc2cccc(Oc3ccnc4[nH]c(=O)[nH]c34)c2)cc1. The van der Waals surface area contributed by atoms with Gasteiger partial charge in [0.15, 0.2) is 11.4 Å². The summed E-state index contributed by atoms with van der Waals surface area (Å²) < 4.78 is 7.68. The van der Waals surface area contributed by atoms with Gasteiger partial charge in [-0.05, 0) is 31.2 Å². The monoisotopic (exact) mass is 497 g/mol. The summed E-state index contributed by atoms with van der Waals surface area (Å²) in [7, 11) is 0. The molecule has 0 bridgehead atoms. The summed E-state index contributed by atoms with van der Waals surface area (Å²) >= 11 is 0. The highest BCUT2D eigenvalue weighted by Gasteiger charge is 2.21. The summed E-state index contributed by atoms with van der Waals surface area (Å²) in [4.78, 5) is 34.0. The zero-order valence-corrected chi connectivity index (χ0v) is 20.9. The molecule has 188 valence electrons. The van der Waals surface area contributed by atoms with E-state index in [2.05, 4.69) is 46.4 Å². The van der Waals surface area contributed by atoms with Crippen molar-refractivity contribution in [2.24, 2.45) is 0 Å². The van der Waals surface area contributed by atoms with Gasteiger partial charge in [-0.25, -0.2) is 19.3 Å². The zero-order valence-electron chi connectivity index (χ0n) is 20.9. The number of rotatable bonds is 5. The minimum Gasteiger partial charge on any atom is -0.455 e. The van der Waals surface area contributed by atoms with Gasteiger partial charge >= 0.3 is 11.7 Å². The maximum atomic E-state index is 13.0. The van der Waals surface area contributed by atoms with E-state index >= 15 is 0 Å². The number of aryl methyl sites for hydroxylation is 1. The van der Waals surface area contributed by atoms with E-state index in [1.807, 2.05) is 37.3 Å². The Kier molecular flexibility index (Phi) is 6.00. The molecule has 3 aromatic heterocycles. The number of nitrogens with one attached hydrogen (secondary N) is 4. The maximum Gasteiger partial charge on any atom is 0.325 e. The Bertz CT molecular complexity index is 1640. The van der Waals surface area contributed by atoms with Crippen LogP contribution in [0.5, 0.6) is 11.5 Å². The van der Waals surface area contributed by atoms with E-state index in [1.165, 1.54) is 0 Å². The number of H-pyrrole nitrogens is 2. The van der Waals surface area contributed by atoms with Crippen molar-refractivity contribution in [3.05, 3.63) is 88.6 Å². The smallest absolute Gasteiger partial charge is 0.325 e. The first-order valence-corrected chi connectivity index (χ1v) is 11.8. The Morgan fingerprint density at radius 1 is 1.00 bits per heavy atom. The van der Waals surface area contributed by atoms with Crippen LogP contribution in [0.15, 0.2) is 71.7 Å². The van der Waals surface area contributed by atoms with Crippen LogP contribution in [-0.4, -0.2) is 30.8 Å². The number of carbonyl (C=O) groups is 1. The lowest BCUT2D eigenvalue weighted by atomic mass is 9.92. The molecule has 0 radical (unpaired) electrons. The lowest BCUT2D eigenvalue weighted by molar-refractivity contribution is 0.262. The third kappa shape index (κ3) is 5.22. The lowest BCUT2D eigenvalue weighted by Gasteiger charge is -2.14. The molecule has 5 aromatic rings. The Balaban J connectivity index is 1.36. The van der Waals surface area contributed by atoms with Gasteiger partial charge in [0.2, 0.25) is 0 Å². The number of nitrogens with zero attached hydrogens (tertiary/aromatic N) is 3. The van der Waals surface area contributed by atoms with Gasteiger partial charge in [0.1, 0.15) is 17.1 Å². The molecule has 0 unspecified atom stereocenters. The number of aromatic nitrogens is 5. The number of urea groups is 1. The summed E-state index contributed by atoms with van der Waals surface area (Å²) in [5, 5.41) is 10.5. The summed E-state index contributed by atoms with van der Waals surface area (Å²) in [6.07, 6.45) is 1.54. The van der Waals surface area contributed by atoms with Crippen LogP contribution in [0.1, 0.15) is 32.0 Å². The molecule has 0 aliphatic heterocycles. The van der Waals surface area contributed by atoms with Crippen LogP contribution in [0.2, 0.25) is 0 Å². The van der Waals surface area contributed by atoms with Crippen LogP contribution in [0.4, 0.5) is 16.3 Å². The van der Waals surface area contributed by atoms with Crippen molar-refractivity contribution >= 4 is 28.7 Å². The number of aromatic amines is 2. The average Bonchev–Trinajstić information content (AvgIpc) is 3.43. The molecule has 0 saturated carbocycles. The highest BCUT2D eigenvalue weighted by atomic mass is 16.5. The van der Waals surface area contributed by atoms with E-state index in [1.54, 1.807) is 41.2 Å². The standard InChI is InChI=1S/C27H27N7O3/c1-16-8-10-18(11-9-16)34-22(15-21(33-34)27(2,3)4)30-25(35)29-17-6-5-7-19(14-17)37-20-12-13-28-24-23(20)31-26(36)32-24/h5-15H,1-4H3,(H2,29,30,35)(H2,28,31,32,36). The van der Waals surface area contributed by atoms with Gasteiger partial charge in [-0.15, -0.1) is 0 Å². The van der Waals surface area contributed by atoms with E-state index in [9.17, 15) is 9.59 Å². The van der Waals surface area contributed by atoms with Crippen LogP contribution >= 0.6 is 0 Å². The third-order valence-corrected chi connectivity index (χ3v) is 5.70. The molecule has 10 heteroatoms. The van der Waals surface area contributed by atoms with Gasteiger partial charge in [0, 0.05) is 35.5 Å². The topological polar surface area (TPSA) is 130 Å². The second kappa shape index (κ2) is 9.30. The van der Waals surface area contributed by atoms with Crippen LogP contribution < -0.4 is 21.1 Å². The fourth-order valence-corrected chi connectivity index (χ4v) is 3.76. The molecule has 2 amide bonds. The first-order valence-electron chi connectivity index (χ1n) is 11.8. The van der Waals surface area contributed by atoms with Gasteiger partial charge < -0.3 is 15.0 Å². The largest absolute Gasteiger partial charge is 0.455 e. The number of hydrogen-bond donors (Lipinski definition) is 4. The number of pyridine rings is 1. The molecule has 10 nitrogen and oxygen atoms in total. The predicted molar refractivity (Wildman–Crippen MR) is 143 cm³/mol. The molecule has 37 heavy (non-hydrogen) atoms. The zero-order chi connectivity index (χ0) is 26.2. The van der Waals surface area contributed by atoms with E-state index < -0.39 is 6.03 Å². The molecule has 4 N–H and O–H groups in total. The van der Waals surface area contributed by atoms with Gasteiger partial charge in [0.05, 0.1) is 11.4 Å². The molecule has 0 atom stereocenters. The Hall–Kier alpha value is -4.86. The highest BCUT2D eigenvalue weighted by molar-refractivity contribution is 5.99. The molecule has 0 aliphatic carbocycles. The summed E-state index contributed by atoms with van der Waals surface area (Å²) in [5.41, 5.74) is 3.65. The summed E-state index contributed by atoms with van der Waals surface area (Å²) in [5.74, 6) is 1.46. The Morgan fingerprint density at radius 3 is 2.54 bits per heavy atom. The Morgan fingerprint density at radius 2 is 1.78 bits per heavy atom. The predicted octanol–water partition coefficient (Wildman–Crippen LogP) is 5.48. The molecule has 0 aliphatic rings. The number of ether oxygens (including phenoxy) is 1. The molecule has 5 rings (SSSR count). The van der Waals surface area contributed by atoms with Crippen molar-refractivity contribution in [2.45, 2.75) is 33.1 Å². The highest BCUT2D eigenvalue weighted by Crippen LogP contribution is 2.29. The van der Waals surface area contributed by atoms with Crippen molar-refractivity contribution < 1.29 is 9.53 Å². The maximum absolute atomic E-state index is 13.0. The van der Waals surface area contributed by atoms with Gasteiger partial charge in [-0.2, -0.15) is 5.10 Å². The van der Waals surface area contributed by atoms with E-state index in [0.29, 0.717) is 34.2 Å². The Labute approximate surface area is 212 Å². The first-order chi connectivity index (χ1) is 17.7. The van der Waals surface area contributed by atoms with Gasteiger partial charge in [-0.1, -0.05) is 44.5 Å². The number of amides is 2. The number of fused-ring (bicyclic) bond motifs is 1. The van der Waals surface area contributed by atoms with Crippen molar-refractivity contribution in [1.82, 2.24) is 24.7 Å². The quantitative estimate of drug-likeness (QED) is 0.255. The van der Waals surface area contributed by atoms with Crippen molar-refractivity contribution in [1.29, 1.82) is 0 Å². The molecule has 0 spiro atoms. The van der Waals surface area contributed by atoms with E-state index in [-0.39, 0.29) is 11.1 Å². The molecule has 0 saturated heterocycles. The second-order valence-electron chi connectivity index (χ2n) is 9.73. The molecular weight excluding hydrogens is 470 g/mol. The van der Waals surface area contributed by atoms with Crippen LogP contribution in [-0.2, 0) is 5.41 Å². The first kappa shape index (κ1) is 23.9. The van der Waals surface area contributed by atoms with Crippen LogP contribution in [0, 0.1) is 6.92 Å². The van der Waals surface area contributed by atoms with Crippen LogP contribution in [0.25, 0.3) is 16.9 Å². The minimum atomic E-state index is -0.424. The summed E-state index contributed by atoms with van der Waals surface area (Å²) in [6.45, 7) is 8.24. The van der Waals surface area contributed by atoms with E-state index in [0.717, 1.165) is 16.9 Å². The number of anilines is 2. The summed E-state index contributed by atoms with van der Waals surface area (Å²) in [6, 6.07) is 18.0. The molecular formula is C27H27N7O3. The second-order valence-corrected chi connectivity index (χ2v) is 9.73. The van der Waals surface area contributed by atoms with Crippen molar-refractivity contribution in [3.63, 3.8) is 0 Å². The van der Waals surface area contributed by atoms with Gasteiger partial charge in [-0.3, -0.25) is 10.3 Å². The minimum absolute atomic E-state index is 0.198. The lowest BCUT2D eigenvalue weighted by Crippen LogP contribution is -2.21. The normalized spacial score (nSPS) is 11.5. The molecule has 3 heterocycles. The van der Waals surface area contributed by atoms with Gasteiger partial charge in [0.25, 0.3) is 0 Å². The average molecular weight is 498 g/mol. The fraction of sp³-hybridized carbons (Fsp3) is 0.185. The number of hydrogen-bond acceptors (Lipinski definition) is 5. The number of carbonyl (C=O) groups excluding carboxylic acids is 1. The van der Waals surface area contributed by atoms with Crippen molar-refractivity contribution in [3.8, 4) is 17.2 Å². The van der Waals surface area contributed by atoms with Crippen molar-refractivity contribution in [2.75, 3.05) is 10.6 Å². The number of imidazole rings is 1. The molecule has 2 aromatic carbocycles.